The third-order valence-corrected chi connectivity index (χ3v) is 5.19. The van der Waals surface area contributed by atoms with Gasteiger partial charge in [-0.05, 0) is 25.1 Å². The number of nitrogens with one attached hydrogen (secondary N) is 1. The molecule has 0 aliphatic rings. The molecule has 1 N–H and O–H groups in total. The molecule has 19 heavy (non-hydrogen) atoms. The monoisotopic (exact) mass is 313 g/mol. The Labute approximate surface area is 119 Å². The summed E-state index contributed by atoms with van der Waals surface area (Å²) in [6.07, 6.45) is 1.28. The number of rotatable bonds is 3. The normalized spacial score (nSPS) is 11.0. The third kappa shape index (κ3) is 3.04. The molecule has 2 aromatic rings. The van der Waals surface area contributed by atoms with Crippen LogP contribution in [0.3, 0.4) is 0 Å². The van der Waals surface area contributed by atoms with Gasteiger partial charge in [0.05, 0.1) is 22.5 Å². The lowest BCUT2D eigenvalue weighted by molar-refractivity contribution is 0.603. The Bertz CT molecular complexity index is 762. The predicted molar refractivity (Wildman–Crippen MR) is 73.8 cm³/mol. The zero-order chi connectivity index (χ0) is 14.0. The molecule has 0 atom stereocenters. The topological polar surface area (TPSA) is 82.8 Å². The van der Waals surface area contributed by atoms with E-state index < -0.39 is 10.0 Å². The Morgan fingerprint density at radius 2 is 2.21 bits per heavy atom. The van der Waals surface area contributed by atoms with Gasteiger partial charge >= 0.3 is 0 Å². The molecule has 0 radical (unpaired) electrons. The zero-order valence-corrected chi connectivity index (χ0v) is 12.1. The molecule has 0 saturated carbocycles. The first kappa shape index (κ1) is 13.8. The van der Waals surface area contributed by atoms with E-state index in [0.717, 1.165) is 11.3 Å². The lowest BCUT2D eigenvalue weighted by Crippen LogP contribution is -2.12. The number of halogens is 1. The van der Waals surface area contributed by atoms with Crippen LogP contribution in [0.4, 0.5) is 5.69 Å². The smallest absolute Gasteiger partial charge is 0.273 e. The summed E-state index contributed by atoms with van der Waals surface area (Å²) in [7, 11) is -3.75. The number of benzene rings is 1. The molecule has 1 heterocycles. The van der Waals surface area contributed by atoms with Crippen molar-refractivity contribution in [3.8, 4) is 6.07 Å². The van der Waals surface area contributed by atoms with Crippen molar-refractivity contribution in [1.29, 1.82) is 5.26 Å². The molecular formula is C11H8ClN3O2S2. The van der Waals surface area contributed by atoms with Gasteiger partial charge in [0.2, 0.25) is 0 Å². The molecule has 1 aromatic heterocycles. The first-order valence-electron chi connectivity index (χ1n) is 5.07. The molecule has 8 heteroatoms. The molecule has 0 saturated heterocycles. The number of thiazole rings is 1. The van der Waals surface area contributed by atoms with Gasteiger partial charge in [-0.1, -0.05) is 11.6 Å². The van der Waals surface area contributed by atoms with Crippen LogP contribution >= 0.6 is 22.9 Å². The largest absolute Gasteiger partial charge is 0.278 e. The van der Waals surface area contributed by atoms with Crippen molar-refractivity contribution >= 4 is 38.6 Å². The van der Waals surface area contributed by atoms with E-state index >= 15 is 0 Å². The van der Waals surface area contributed by atoms with Crippen molar-refractivity contribution < 1.29 is 8.42 Å². The minimum Gasteiger partial charge on any atom is -0.278 e. The molecule has 2 rings (SSSR count). The fourth-order valence-corrected chi connectivity index (χ4v) is 3.71. The lowest BCUT2D eigenvalue weighted by atomic mass is 10.2. The minimum atomic E-state index is -3.75. The Hall–Kier alpha value is -1.62. The minimum absolute atomic E-state index is 0.0915. The maximum absolute atomic E-state index is 12.1. The van der Waals surface area contributed by atoms with E-state index in [4.69, 9.17) is 16.9 Å². The van der Waals surface area contributed by atoms with Crippen molar-refractivity contribution in [3.63, 3.8) is 0 Å². The van der Waals surface area contributed by atoms with Gasteiger partial charge < -0.3 is 0 Å². The number of aromatic nitrogens is 1. The molecule has 0 unspecified atom stereocenters. The maximum Gasteiger partial charge on any atom is 0.273 e. The summed E-state index contributed by atoms with van der Waals surface area (Å²) in [4.78, 5) is 3.89. The van der Waals surface area contributed by atoms with Gasteiger partial charge in [0, 0.05) is 5.02 Å². The van der Waals surface area contributed by atoms with Crippen molar-refractivity contribution in [2.45, 2.75) is 11.1 Å². The van der Waals surface area contributed by atoms with Gasteiger partial charge in [-0.15, -0.1) is 11.3 Å². The predicted octanol–water partition coefficient (Wildman–Crippen LogP) is 2.78. The standard InChI is InChI=1S/C11H8ClN3O2S2/c1-7-14-6-11(18-7)19(16,17)15-10-4-9(12)3-2-8(10)5-13/h2-4,6,15H,1H3. The van der Waals surface area contributed by atoms with E-state index in [1.807, 2.05) is 6.07 Å². The summed E-state index contributed by atoms with van der Waals surface area (Å²) in [6, 6.07) is 6.28. The number of nitriles is 1. The van der Waals surface area contributed by atoms with Crippen LogP contribution in [0.1, 0.15) is 10.6 Å². The van der Waals surface area contributed by atoms with Gasteiger partial charge in [-0.25, -0.2) is 13.4 Å². The summed E-state index contributed by atoms with van der Waals surface area (Å²) in [6.45, 7) is 1.71. The molecule has 0 spiro atoms. The van der Waals surface area contributed by atoms with Crippen LogP contribution in [-0.4, -0.2) is 13.4 Å². The van der Waals surface area contributed by atoms with Crippen LogP contribution in [0.2, 0.25) is 5.02 Å². The highest BCUT2D eigenvalue weighted by atomic mass is 35.5. The Morgan fingerprint density at radius 3 is 2.79 bits per heavy atom. The van der Waals surface area contributed by atoms with Gasteiger partial charge in [-0.3, -0.25) is 4.72 Å². The first-order chi connectivity index (χ1) is 8.92. The Morgan fingerprint density at radius 1 is 1.47 bits per heavy atom. The number of anilines is 1. The molecule has 0 aliphatic heterocycles. The zero-order valence-electron chi connectivity index (χ0n) is 9.71. The molecule has 0 bridgehead atoms. The van der Waals surface area contributed by atoms with Crippen LogP contribution < -0.4 is 4.72 Å². The Balaban J connectivity index is 2.41. The maximum atomic E-state index is 12.1. The molecule has 0 fully saturated rings. The third-order valence-electron chi connectivity index (χ3n) is 2.21. The van der Waals surface area contributed by atoms with Crippen molar-refractivity contribution in [2.24, 2.45) is 0 Å². The Kier molecular flexibility index (Phi) is 3.75. The summed E-state index contributed by atoms with van der Waals surface area (Å²) >= 11 is 6.85. The van der Waals surface area contributed by atoms with Crippen molar-refractivity contribution in [1.82, 2.24) is 4.98 Å². The van der Waals surface area contributed by atoms with Crippen molar-refractivity contribution in [2.75, 3.05) is 4.72 Å². The highest BCUT2D eigenvalue weighted by Gasteiger charge is 2.18. The van der Waals surface area contributed by atoms with Gasteiger partial charge in [-0.2, -0.15) is 5.26 Å². The second kappa shape index (κ2) is 5.17. The molecular weight excluding hydrogens is 306 g/mol. The van der Waals surface area contributed by atoms with Gasteiger partial charge in [0.15, 0.2) is 4.21 Å². The van der Waals surface area contributed by atoms with E-state index in [2.05, 4.69) is 9.71 Å². The highest BCUT2D eigenvalue weighted by molar-refractivity contribution is 7.94. The number of nitrogens with zero attached hydrogens (tertiary/aromatic N) is 2. The summed E-state index contributed by atoms with van der Waals surface area (Å²) in [5.41, 5.74) is 0.357. The molecule has 5 nitrogen and oxygen atoms in total. The van der Waals surface area contributed by atoms with E-state index in [0.29, 0.717) is 10.0 Å². The summed E-state index contributed by atoms with van der Waals surface area (Å²) in [5.74, 6) is 0. The second-order valence-corrected chi connectivity index (χ2v) is 7.19. The highest BCUT2D eigenvalue weighted by Crippen LogP contribution is 2.25. The van der Waals surface area contributed by atoms with Crippen LogP contribution in [-0.2, 0) is 10.0 Å². The molecule has 0 aliphatic carbocycles. The van der Waals surface area contributed by atoms with Crippen LogP contribution in [0, 0.1) is 18.3 Å². The number of hydrogen-bond donors (Lipinski definition) is 1. The summed E-state index contributed by atoms with van der Waals surface area (Å²) < 4.78 is 26.6. The van der Waals surface area contributed by atoms with Crippen LogP contribution in [0.15, 0.2) is 28.6 Å². The first-order valence-corrected chi connectivity index (χ1v) is 7.75. The average molecular weight is 314 g/mol. The SMILES string of the molecule is Cc1ncc(S(=O)(=O)Nc2cc(Cl)ccc2C#N)s1. The quantitative estimate of drug-likeness (QED) is 0.944. The second-order valence-electron chi connectivity index (χ2n) is 3.61. The van der Waals surface area contributed by atoms with Crippen molar-refractivity contribution in [3.05, 3.63) is 40.0 Å². The van der Waals surface area contributed by atoms with E-state index in [9.17, 15) is 8.42 Å². The number of hydrogen-bond acceptors (Lipinski definition) is 5. The van der Waals surface area contributed by atoms with Crippen LogP contribution in [0.5, 0.6) is 0 Å². The molecule has 0 amide bonds. The van der Waals surface area contributed by atoms with E-state index in [1.54, 1.807) is 6.92 Å². The fraction of sp³-hybridized carbons (Fsp3) is 0.0909. The average Bonchev–Trinajstić information content (AvgIpc) is 2.76. The molecule has 98 valence electrons. The lowest BCUT2D eigenvalue weighted by Gasteiger charge is -2.07. The number of aryl methyl sites for hydroxylation is 1. The van der Waals surface area contributed by atoms with Gasteiger partial charge in [0.1, 0.15) is 6.07 Å². The summed E-state index contributed by atoms with van der Waals surface area (Å²) in [5, 5.41) is 9.93. The fourth-order valence-electron chi connectivity index (χ4n) is 1.36. The number of sulfonamides is 1. The van der Waals surface area contributed by atoms with E-state index in [1.165, 1.54) is 24.4 Å². The van der Waals surface area contributed by atoms with Gasteiger partial charge in [0.25, 0.3) is 10.0 Å². The van der Waals surface area contributed by atoms with E-state index in [-0.39, 0.29) is 15.5 Å². The molecule has 1 aromatic carbocycles. The van der Waals surface area contributed by atoms with Crippen LogP contribution in [0.25, 0.3) is 0 Å².